The summed E-state index contributed by atoms with van der Waals surface area (Å²) in [5.74, 6) is -0.104. The highest BCUT2D eigenvalue weighted by Crippen LogP contribution is 2.24. The van der Waals surface area contributed by atoms with E-state index < -0.39 is 11.6 Å². The lowest BCUT2D eigenvalue weighted by Crippen LogP contribution is -2.67. The van der Waals surface area contributed by atoms with E-state index in [1.807, 2.05) is 12.1 Å². The van der Waals surface area contributed by atoms with Gasteiger partial charge in [0.1, 0.15) is 11.6 Å². The zero-order valence-corrected chi connectivity index (χ0v) is 13.6. The number of nitrogens with one attached hydrogen (secondary N) is 1. The molecule has 0 bridgehead atoms. The molecule has 0 saturated carbocycles. The van der Waals surface area contributed by atoms with Crippen molar-refractivity contribution in [1.82, 2.24) is 10.2 Å². The summed E-state index contributed by atoms with van der Waals surface area (Å²) < 4.78 is 1.08. The number of nitrogens with zero attached hydrogens (tertiary/aromatic N) is 1. The van der Waals surface area contributed by atoms with Gasteiger partial charge < -0.3 is 10.2 Å². The molecule has 1 fully saturated rings. The molecule has 0 radical (unpaired) electrons. The molecule has 1 unspecified atom stereocenters. The highest BCUT2D eigenvalue weighted by molar-refractivity contribution is 9.11. The fourth-order valence-electron chi connectivity index (χ4n) is 2.15. The Morgan fingerprint density at radius 1 is 1.42 bits per heavy atom. The minimum absolute atomic E-state index is 0.0183. The lowest BCUT2D eigenvalue weighted by atomic mass is 9.97. The first-order chi connectivity index (χ1) is 8.81. The van der Waals surface area contributed by atoms with Crippen LogP contribution < -0.4 is 5.32 Å². The van der Waals surface area contributed by atoms with Gasteiger partial charge in [-0.15, -0.1) is 11.3 Å². The van der Waals surface area contributed by atoms with Crippen molar-refractivity contribution in [3.63, 3.8) is 0 Å². The van der Waals surface area contributed by atoms with E-state index in [1.165, 1.54) is 4.88 Å². The van der Waals surface area contributed by atoms with E-state index in [0.29, 0.717) is 6.54 Å². The predicted molar refractivity (Wildman–Crippen MR) is 79.1 cm³/mol. The molecular formula is C13H17BrN2O2S. The largest absolute Gasteiger partial charge is 0.340 e. The maximum Gasteiger partial charge on any atom is 0.248 e. The van der Waals surface area contributed by atoms with Gasteiger partial charge in [-0.25, -0.2) is 0 Å². The van der Waals surface area contributed by atoms with Crippen molar-refractivity contribution in [3.8, 4) is 0 Å². The number of carbonyl (C=O) groups is 2. The van der Waals surface area contributed by atoms with E-state index in [9.17, 15) is 9.59 Å². The van der Waals surface area contributed by atoms with Gasteiger partial charge in [0.25, 0.3) is 0 Å². The number of halogens is 1. The van der Waals surface area contributed by atoms with Crippen LogP contribution in [-0.4, -0.2) is 34.8 Å². The number of thiophene rings is 1. The Morgan fingerprint density at radius 3 is 2.68 bits per heavy atom. The summed E-state index contributed by atoms with van der Waals surface area (Å²) in [5, 5.41) is 2.75. The third kappa shape index (κ3) is 3.00. The molecule has 1 aliphatic rings. The maximum absolute atomic E-state index is 12.3. The van der Waals surface area contributed by atoms with Crippen LogP contribution in [0.25, 0.3) is 0 Å². The van der Waals surface area contributed by atoms with E-state index in [2.05, 4.69) is 21.2 Å². The van der Waals surface area contributed by atoms with Crippen LogP contribution in [0.1, 0.15) is 25.6 Å². The van der Waals surface area contributed by atoms with Gasteiger partial charge in [0.05, 0.1) is 3.79 Å². The minimum Gasteiger partial charge on any atom is -0.340 e. The Hall–Kier alpha value is -0.880. The second-order valence-electron chi connectivity index (χ2n) is 5.24. The van der Waals surface area contributed by atoms with Crippen LogP contribution in [0.5, 0.6) is 0 Å². The summed E-state index contributed by atoms with van der Waals surface area (Å²) in [7, 11) is 0. The first-order valence-corrected chi connectivity index (χ1v) is 7.79. The van der Waals surface area contributed by atoms with Crippen LogP contribution in [-0.2, 0) is 16.0 Å². The summed E-state index contributed by atoms with van der Waals surface area (Å²) in [6.07, 6.45) is 0.774. The molecule has 1 atom stereocenters. The second kappa shape index (κ2) is 5.25. The van der Waals surface area contributed by atoms with Crippen LogP contribution in [0, 0.1) is 0 Å². The number of hydrogen-bond acceptors (Lipinski definition) is 3. The monoisotopic (exact) mass is 344 g/mol. The van der Waals surface area contributed by atoms with Crippen LogP contribution in [0.4, 0.5) is 0 Å². The molecule has 1 aliphatic heterocycles. The summed E-state index contributed by atoms with van der Waals surface area (Å²) in [6.45, 7) is 5.83. The van der Waals surface area contributed by atoms with Crippen molar-refractivity contribution in [3.05, 3.63) is 20.8 Å². The molecule has 0 aromatic carbocycles. The van der Waals surface area contributed by atoms with Gasteiger partial charge in [0, 0.05) is 11.4 Å². The lowest BCUT2D eigenvalue weighted by molar-refractivity contribution is -0.152. The van der Waals surface area contributed by atoms with E-state index in [-0.39, 0.29) is 11.8 Å². The standard InChI is InChI=1S/C13H17BrN2O2S/c1-8-11(17)15-13(2,3)12(18)16(8)7-6-9-4-5-10(14)19-9/h4-5,8H,6-7H2,1-3H3,(H,15,17). The molecule has 0 aliphatic carbocycles. The van der Waals surface area contributed by atoms with Crippen LogP contribution in [0.3, 0.4) is 0 Å². The number of hydrogen-bond donors (Lipinski definition) is 1. The fraction of sp³-hybridized carbons (Fsp3) is 0.538. The summed E-state index contributed by atoms with van der Waals surface area (Å²) in [5.41, 5.74) is -0.806. The minimum atomic E-state index is -0.806. The van der Waals surface area contributed by atoms with Crippen molar-refractivity contribution in [2.75, 3.05) is 6.54 Å². The highest BCUT2D eigenvalue weighted by Gasteiger charge is 2.42. The third-order valence-corrected chi connectivity index (χ3v) is 4.99. The molecule has 104 valence electrons. The Balaban J connectivity index is 2.08. The topological polar surface area (TPSA) is 49.4 Å². The third-order valence-electron chi connectivity index (χ3n) is 3.31. The Labute approximate surface area is 125 Å². The predicted octanol–water partition coefficient (Wildman–Crippen LogP) is 2.18. The molecule has 19 heavy (non-hydrogen) atoms. The first-order valence-electron chi connectivity index (χ1n) is 6.18. The van der Waals surface area contributed by atoms with Gasteiger partial charge in [-0.2, -0.15) is 0 Å². The average Bonchev–Trinajstić information content (AvgIpc) is 2.72. The Kier molecular flexibility index (Phi) is 4.01. The van der Waals surface area contributed by atoms with Crippen molar-refractivity contribution in [2.24, 2.45) is 0 Å². The van der Waals surface area contributed by atoms with Crippen molar-refractivity contribution in [2.45, 2.75) is 38.8 Å². The van der Waals surface area contributed by atoms with Crippen molar-refractivity contribution < 1.29 is 9.59 Å². The number of rotatable bonds is 3. The van der Waals surface area contributed by atoms with Crippen LogP contribution >= 0.6 is 27.3 Å². The zero-order chi connectivity index (χ0) is 14.2. The summed E-state index contributed by atoms with van der Waals surface area (Å²) >= 11 is 5.08. The number of carbonyl (C=O) groups excluding carboxylic acids is 2. The van der Waals surface area contributed by atoms with Crippen molar-refractivity contribution in [1.29, 1.82) is 0 Å². The highest BCUT2D eigenvalue weighted by atomic mass is 79.9. The SMILES string of the molecule is CC1C(=O)NC(C)(C)C(=O)N1CCc1ccc(Br)s1. The van der Waals surface area contributed by atoms with Gasteiger partial charge in [-0.1, -0.05) is 0 Å². The molecule has 2 amide bonds. The Bertz CT molecular complexity index is 512. The molecule has 2 rings (SSSR count). The molecule has 1 aromatic heterocycles. The molecule has 0 spiro atoms. The molecule has 1 N–H and O–H groups in total. The van der Waals surface area contributed by atoms with Gasteiger partial charge >= 0.3 is 0 Å². The molecule has 1 aromatic rings. The Morgan fingerprint density at radius 2 is 2.11 bits per heavy atom. The smallest absolute Gasteiger partial charge is 0.248 e. The van der Waals surface area contributed by atoms with Gasteiger partial charge in [0.15, 0.2) is 0 Å². The second-order valence-corrected chi connectivity index (χ2v) is 7.79. The van der Waals surface area contributed by atoms with Gasteiger partial charge in [-0.3, -0.25) is 9.59 Å². The fourth-order valence-corrected chi connectivity index (χ4v) is 3.63. The van der Waals surface area contributed by atoms with E-state index >= 15 is 0 Å². The van der Waals surface area contributed by atoms with E-state index in [4.69, 9.17) is 0 Å². The number of amides is 2. The normalized spacial score (nSPS) is 22.5. The first kappa shape index (κ1) is 14.5. The van der Waals surface area contributed by atoms with Crippen LogP contribution in [0.15, 0.2) is 15.9 Å². The average molecular weight is 345 g/mol. The quantitative estimate of drug-likeness (QED) is 0.913. The molecule has 2 heterocycles. The lowest BCUT2D eigenvalue weighted by Gasteiger charge is -2.41. The van der Waals surface area contributed by atoms with E-state index in [0.717, 1.165) is 10.2 Å². The van der Waals surface area contributed by atoms with Crippen LogP contribution in [0.2, 0.25) is 0 Å². The van der Waals surface area contributed by atoms with Gasteiger partial charge in [0.2, 0.25) is 11.8 Å². The molecular weight excluding hydrogens is 328 g/mol. The van der Waals surface area contributed by atoms with Crippen molar-refractivity contribution >= 4 is 39.1 Å². The van der Waals surface area contributed by atoms with Gasteiger partial charge in [-0.05, 0) is 55.3 Å². The summed E-state index contributed by atoms with van der Waals surface area (Å²) in [6, 6.07) is 3.64. The summed E-state index contributed by atoms with van der Waals surface area (Å²) in [4.78, 5) is 27.1. The zero-order valence-electron chi connectivity index (χ0n) is 11.2. The number of piperazine rings is 1. The molecule has 6 heteroatoms. The molecule has 1 saturated heterocycles. The maximum atomic E-state index is 12.3. The van der Waals surface area contributed by atoms with E-state index in [1.54, 1.807) is 37.0 Å². The molecule has 4 nitrogen and oxygen atoms in total.